The van der Waals surface area contributed by atoms with Crippen LogP contribution in [-0.2, 0) is 4.84 Å². The molecule has 44 valence electrons. The Morgan fingerprint density at radius 2 is 2.62 bits per heavy atom. The molecule has 0 saturated carbocycles. The van der Waals surface area contributed by atoms with Crippen LogP contribution in [-0.4, -0.2) is 10.5 Å². The molecule has 0 spiro atoms. The molecule has 0 aromatic rings. The normalized spacial score (nSPS) is 15.4. The van der Waals surface area contributed by atoms with Crippen molar-refractivity contribution in [1.29, 1.82) is 0 Å². The molecule has 4 nitrogen and oxygen atoms in total. The first-order valence-corrected chi connectivity index (χ1v) is 2.26. The Morgan fingerprint density at radius 3 is 2.88 bits per heavy atom. The number of hydrogen-bond donors (Lipinski definition) is 1. The maximum atomic E-state index is 10.1. The van der Waals surface area contributed by atoms with Crippen molar-refractivity contribution < 1.29 is 9.63 Å². The second-order valence-corrected chi connectivity index (χ2v) is 1.41. The van der Waals surface area contributed by atoms with Gasteiger partial charge in [0.25, 0.3) is 0 Å². The topological polar surface area (TPSA) is 41.6 Å². The van der Waals surface area contributed by atoms with Crippen molar-refractivity contribution >= 4 is 17.0 Å². The van der Waals surface area contributed by atoms with Gasteiger partial charge in [-0.3, -0.25) is 10.2 Å². The van der Waals surface area contributed by atoms with Crippen LogP contribution in [0.4, 0.5) is 4.79 Å². The maximum absolute atomic E-state index is 10.1. The summed E-state index contributed by atoms with van der Waals surface area (Å²) in [6, 6.07) is 0. The minimum absolute atomic E-state index is 0.699. The van der Waals surface area contributed by atoms with Crippen LogP contribution in [0.1, 0.15) is 0 Å². The van der Waals surface area contributed by atoms with Gasteiger partial charge in [0, 0.05) is 0 Å². The molecular weight excluding hydrogens is 131 g/mol. The number of carbonyl (C=O) groups is 1. The summed E-state index contributed by atoms with van der Waals surface area (Å²) in [5.74, 6) is 0. The van der Waals surface area contributed by atoms with Crippen molar-refractivity contribution in [2.75, 3.05) is 0 Å². The van der Waals surface area contributed by atoms with Gasteiger partial charge in [0.1, 0.15) is 6.26 Å². The molecular formula is C3H3ClN2O2. The molecule has 0 unspecified atom stereocenters. The molecule has 1 N–H and O–H groups in total. The quantitative estimate of drug-likeness (QED) is 0.389. The molecule has 1 rings (SSSR count). The highest BCUT2D eigenvalue weighted by Gasteiger charge is 2.11. The number of amides is 1. The molecule has 1 aliphatic heterocycles. The van der Waals surface area contributed by atoms with Crippen LogP contribution in [0.2, 0.25) is 0 Å². The Hall–Kier alpha value is -0.900. The second kappa shape index (κ2) is 1.92. The highest BCUT2D eigenvalue weighted by Crippen LogP contribution is 1.98. The summed E-state index contributed by atoms with van der Waals surface area (Å²) >= 11 is 4.94. The Kier molecular flexibility index (Phi) is 1.26. The van der Waals surface area contributed by atoms with Crippen molar-refractivity contribution in [3.63, 3.8) is 0 Å². The lowest BCUT2D eigenvalue weighted by atomic mass is 11.0. The van der Waals surface area contributed by atoms with Gasteiger partial charge in [0.15, 0.2) is 0 Å². The predicted octanol–water partition coefficient (Wildman–Crippen LogP) is 0.568. The van der Waals surface area contributed by atoms with Gasteiger partial charge < -0.3 is 4.84 Å². The number of halogens is 1. The van der Waals surface area contributed by atoms with Gasteiger partial charge in [0.05, 0.1) is 6.20 Å². The number of carbonyl (C=O) groups excluding carboxylic acids is 1. The van der Waals surface area contributed by atoms with Crippen molar-refractivity contribution in [2.45, 2.75) is 0 Å². The smallest absolute Gasteiger partial charge is 0.361 e. The molecule has 0 aromatic heterocycles. The molecule has 0 bridgehead atoms. The fraction of sp³-hybridized carbons (Fsp3) is 0. The summed E-state index contributed by atoms with van der Waals surface area (Å²) in [6.07, 6.45) is 2.75. The molecule has 1 amide bonds. The van der Waals surface area contributed by atoms with Gasteiger partial charge in [-0.1, -0.05) is 5.17 Å². The summed E-state index contributed by atoms with van der Waals surface area (Å²) in [5.41, 5.74) is 2.41. The SMILES string of the molecule is O=C(Cl)N1NC=CO1. The van der Waals surface area contributed by atoms with Gasteiger partial charge >= 0.3 is 5.37 Å². The van der Waals surface area contributed by atoms with E-state index in [2.05, 4.69) is 10.3 Å². The molecule has 5 heteroatoms. The van der Waals surface area contributed by atoms with E-state index in [-0.39, 0.29) is 0 Å². The minimum atomic E-state index is -0.699. The van der Waals surface area contributed by atoms with Gasteiger partial charge in [0.2, 0.25) is 0 Å². The summed E-state index contributed by atoms with van der Waals surface area (Å²) in [5, 5.41) is 0.0941. The van der Waals surface area contributed by atoms with Gasteiger partial charge in [-0.2, -0.15) is 0 Å². The van der Waals surface area contributed by atoms with Crippen LogP contribution in [0.5, 0.6) is 0 Å². The van der Waals surface area contributed by atoms with Crippen LogP contribution in [0.15, 0.2) is 12.5 Å². The minimum Gasteiger partial charge on any atom is -0.361 e. The summed E-state index contributed by atoms with van der Waals surface area (Å²) in [7, 11) is 0. The standard InChI is InChI=1S/C3H3ClN2O2/c4-3(7)6-5-1-2-8-6/h1-2,5H. The first-order valence-electron chi connectivity index (χ1n) is 1.88. The third-order valence-corrected chi connectivity index (χ3v) is 0.739. The van der Waals surface area contributed by atoms with E-state index in [0.29, 0.717) is 0 Å². The lowest BCUT2D eigenvalue weighted by molar-refractivity contribution is -0.0543. The average Bonchev–Trinajstić information content (AvgIpc) is 2.12. The average molecular weight is 135 g/mol. The van der Waals surface area contributed by atoms with Crippen LogP contribution < -0.4 is 5.43 Å². The van der Waals surface area contributed by atoms with E-state index in [1.807, 2.05) is 0 Å². The molecule has 0 radical (unpaired) electrons. The molecule has 0 aromatic carbocycles. The molecule has 1 heterocycles. The summed E-state index contributed by atoms with van der Waals surface area (Å²) < 4.78 is 0. The monoisotopic (exact) mass is 134 g/mol. The van der Waals surface area contributed by atoms with Crippen molar-refractivity contribution in [1.82, 2.24) is 10.6 Å². The van der Waals surface area contributed by atoms with Crippen LogP contribution in [0, 0.1) is 0 Å². The molecule has 8 heavy (non-hydrogen) atoms. The second-order valence-electron chi connectivity index (χ2n) is 1.08. The van der Waals surface area contributed by atoms with E-state index >= 15 is 0 Å². The third kappa shape index (κ3) is 0.840. The van der Waals surface area contributed by atoms with Crippen molar-refractivity contribution in [3.05, 3.63) is 12.5 Å². The maximum Gasteiger partial charge on any atom is 0.369 e. The molecule has 0 atom stereocenters. The molecule has 0 saturated heterocycles. The summed E-state index contributed by atoms with van der Waals surface area (Å²) in [4.78, 5) is 14.6. The number of nitrogens with zero attached hydrogens (tertiary/aromatic N) is 1. The number of hydroxylamine groups is 1. The fourth-order valence-electron chi connectivity index (χ4n) is 0.312. The van der Waals surface area contributed by atoms with Crippen molar-refractivity contribution in [3.8, 4) is 0 Å². The van der Waals surface area contributed by atoms with Crippen LogP contribution in [0.25, 0.3) is 0 Å². The lowest BCUT2D eigenvalue weighted by Crippen LogP contribution is -2.30. The van der Waals surface area contributed by atoms with Crippen LogP contribution >= 0.6 is 11.6 Å². The highest BCUT2D eigenvalue weighted by molar-refractivity contribution is 6.62. The first-order chi connectivity index (χ1) is 3.80. The number of nitrogens with one attached hydrogen (secondary N) is 1. The number of hydrazine groups is 1. The fourth-order valence-corrected chi connectivity index (χ4v) is 0.401. The Bertz CT molecular complexity index is 127. The van der Waals surface area contributed by atoms with E-state index in [4.69, 9.17) is 11.6 Å². The van der Waals surface area contributed by atoms with Gasteiger partial charge in [-0.25, -0.2) is 0 Å². The van der Waals surface area contributed by atoms with Crippen molar-refractivity contribution in [2.24, 2.45) is 0 Å². The Morgan fingerprint density at radius 1 is 1.88 bits per heavy atom. The molecule has 1 aliphatic rings. The zero-order valence-corrected chi connectivity index (χ0v) is 4.55. The lowest BCUT2D eigenvalue weighted by Gasteiger charge is -2.07. The number of rotatable bonds is 0. The van der Waals surface area contributed by atoms with E-state index in [1.54, 1.807) is 0 Å². The largest absolute Gasteiger partial charge is 0.369 e. The third-order valence-electron chi connectivity index (χ3n) is 0.586. The molecule has 0 aliphatic carbocycles. The molecule has 0 fully saturated rings. The zero-order chi connectivity index (χ0) is 5.98. The first kappa shape index (κ1) is 5.24. The Balaban J connectivity index is 2.41. The van der Waals surface area contributed by atoms with E-state index in [9.17, 15) is 4.79 Å². The van der Waals surface area contributed by atoms with Crippen LogP contribution in [0.3, 0.4) is 0 Å². The van der Waals surface area contributed by atoms with E-state index < -0.39 is 5.37 Å². The van der Waals surface area contributed by atoms with E-state index in [1.165, 1.54) is 12.5 Å². The Labute approximate surface area is 50.6 Å². The number of hydrogen-bond acceptors (Lipinski definition) is 3. The van der Waals surface area contributed by atoms with Gasteiger partial charge in [-0.05, 0) is 11.6 Å². The predicted molar refractivity (Wildman–Crippen MR) is 26.4 cm³/mol. The zero-order valence-electron chi connectivity index (χ0n) is 3.80. The van der Waals surface area contributed by atoms with E-state index in [0.717, 1.165) is 5.17 Å². The van der Waals surface area contributed by atoms with Gasteiger partial charge in [-0.15, -0.1) is 0 Å². The highest BCUT2D eigenvalue weighted by atomic mass is 35.5. The summed E-state index contributed by atoms with van der Waals surface area (Å²) in [6.45, 7) is 0.